The van der Waals surface area contributed by atoms with Gasteiger partial charge in [0.25, 0.3) is 0 Å². The van der Waals surface area contributed by atoms with E-state index >= 15 is 0 Å². The number of nitrogens with zero attached hydrogens (tertiary/aromatic N) is 3. The molecule has 0 N–H and O–H groups in total. The van der Waals surface area contributed by atoms with Gasteiger partial charge >= 0.3 is 0 Å². The Hall–Kier alpha value is -2.09. The molecular weight excluding hydrogens is 440 g/mol. The van der Waals surface area contributed by atoms with Crippen LogP contribution in [0.15, 0.2) is 30.3 Å². The van der Waals surface area contributed by atoms with E-state index in [9.17, 15) is 13.6 Å². The van der Waals surface area contributed by atoms with E-state index in [1.54, 1.807) is 4.90 Å². The van der Waals surface area contributed by atoms with Crippen molar-refractivity contribution in [1.29, 1.82) is 0 Å². The Balaban J connectivity index is 0.00000341. The summed E-state index contributed by atoms with van der Waals surface area (Å²) in [7, 11) is 0. The normalized spacial score (nSPS) is 11.1. The highest BCUT2D eigenvalue weighted by Crippen LogP contribution is 2.31. The third kappa shape index (κ3) is 5.99. The van der Waals surface area contributed by atoms with Gasteiger partial charge in [-0.15, -0.1) is 12.4 Å². The van der Waals surface area contributed by atoms with Gasteiger partial charge < -0.3 is 4.90 Å². The number of hydrogen-bond donors (Lipinski definition) is 0. The fourth-order valence-corrected chi connectivity index (χ4v) is 4.40. The first-order chi connectivity index (χ1) is 14.3. The molecule has 0 unspecified atom stereocenters. The Kier molecular flexibility index (Phi) is 8.91. The van der Waals surface area contributed by atoms with Crippen LogP contribution in [0.5, 0.6) is 0 Å². The summed E-state index contributed by atoms with van der Waals surface area (Å²) in [6, 6.07) is 8.06. The maximum Gasteiger partial charge on any atom is 0.233 e. The van der Waals surface area contributed by atoms with E-state index in [-0.39, 0.29) is 30.3 Å². The molecule has 0 atom stereocenters. The first-order valence-electron chi connectivity index (χ1n) is 10.2. The van der Waals surface area contributed by atoms with Crippen molar-refractivity contribution in [3.63, 3.8) is 0 Å². The number of amides is 1. The van der Waals surface area contributed by atoms with Crippen LogP contribution in [0.4, 0.5) is 13.9 Å². The van der Waals surface area contributed by atoms with Crippen molar-refractivity contribution < 1.29 is 13.6 Å². The quantitative estimate of drug-likeness (QED) is 0.437. The van der Waals surface area contributed by atoms with Crippen LogP contribution >= 0.6 is 23.7 Å². The van der Waals surface area contributed by atoms with Gasteiger partial charge in [0.2, 0.25) is 5.91 Å². The summed E-state index contributed by atoms with van der Waals surface area (Å²) >= 11 is 1.14. The van der Waals surface area contributed by atoms with Crippen molar-refractivity contribution in [3.05, 3.63) is 58.7 Å². The van der Waals surface area contributed by atoms with Gasteiger partial charge in [-0.1, -0.05) is 43.4 Å². The predicted molar refractivity (Wildman–Crippen MR) is 127 cm³/mol. The first kappa shape index (κ1) is 25.2. The molecule has 0 bridgehead atoms. The van der Waals surface area contributed by atoms with Crippen molar-refractivity contribution in [2.75, 3.05) is 31.1 Å². The Morgan fingerprint density at radius 2 is 1.74 bits per heavy atom. The summed E-state index contributed by atoms with van der Waals surface area (Å²) in [5.41, 5.74) is 3.33. The number of hydrogen-bond acceptors (Lipinski definition) is 4. The minimum absolute atomic E-state index is 0. The Labute approximate surface area is 192 Å². The number of carbonyl (C=O) groups is 1. The highest BCUT2D eigenvalue weighted by molar-refractivity contribution is 7.22. The molecule has 0 saturated heterocycles. The van der Waals surface area contributed by atoms with Gasteiger partial charge in [0.15, 0.2) is 10.9 Å². The number of carbonyl (C=O) groups excluding carboxylic acids is 1. The van der Waals surface area contributed by atoms with Crippen molar-refractivity contribution in [2.45, 2.75) is 34.1 Å². The lowest BCUT2D eigenvalue weighted by Gasteiger charge is -2.25. The van der Waals surface area contributed by atoms with Gasteiger partial charge in [0.1, 0.15) is 11.3 Å². The van der Waals surface area contributed by atoms with Crippen molar-refractivity contribution in [3.8, 4) is 0 Å². The lowest BCUT2D eigenvalue weighted by Crippen LogP contribution is -2.39. The predicted octanol–water partition coefficient (Wildman–Crippen LogP) is 5.53. The number of halogens is 3. The summed E-state index contributed by atoms with van der Waals surface area (Å²) in [5.74, 6) is -1.46. The lowest BCUT2D eigenvalue weighted by atomic mass is 10.0. The van der Waals surface area contributed by atoms with E-state index < -0.39 is 11.6 Å². The fraction of sp³-hybridized carbons (Fsp3) is 0.391. The van der Waals surface area contributed by atoms with Crippen LogP contribution in [0.3, 0.4) is 0 Å². The van der Waals surface area contributed by atoms with Gasteiger partial charge in [-0.05, 0) is 49.7 Å². The number of fused-ring (bicyclic) bond motifs is 1. The highest BCUT2D eigenvalue weighted by atomic mass is 35.5. The molecule has 0 aliphatic rings. The molecule has 1 amide bonds. The second kappa shape index (κ2) is 11.0. The minimum atomic E-state index is -0.710. The first-order valence-corrected chi connectivity index (χ1v) is 11.0. The molecule has 168 valence electrons. The number of aryl methyl sites for hydroxylation is 2. The lowest BCUT2D eigenvalue weighted by molar-refractivity contribution is -0.118. The molecule has 0 fully saturated rings. The smallest absolute Gasteiger partial charge is 0.233 e. The maximum absolute atomic E-state index is 14.2. The number of anilines is 1. The number of likely N-dealkylation sites (N-methyl/N-ethyl adjacent to an activating group) is 1. The number of benzene rings is 2. The molecule has 1 aromatic heterocycles. The summed E-state index contributed by atoms with van der Waals surface area (Å²) in [5, 5.41) is 0.399. The zero-order chi connectivity index (χ0) is 21.8. The average molecular weight is 468 g/mol. The number of aromatic nitrogens is 1. The SMILES string of the molecule is CCN(CC)CCN(C(=O)Cc1ccc(C)c(C)c1)c1nc2c(F)cc(F)cc2s1.Cl. The monoisotopic (exact) mass is 467 g/mol. The largest absolute Gasteiger partial charge is 0.302 e. The molecule has 4 nitrogen and oxygen atoms in total. The minimum Gasteiger partial charge on any atom is -0.302 e. The molecule has 31 heavy (non-hydrogen) atoms. The molecule has 8 heteroatoms. The van der Waals surface area contributed by atoms with Crippen LogP contribution in [-0.2, 0) is 11.2 Å². The van der Waals surface area contributed by atoms with Crippen LogP contribution in [0.2, 0.25) is 0 Å². The summed E-state index contributed by atoms with van der Waals surface area (Å²) in [4.78, 5) is 21.4. The van der Waals surface area contributed by atoms with Gasteiger partial charge in [-0.3, -0.25) is 9.69 Å². The van der Waals surface area contributed by atoms with Crippen molar-refractivity contribution in [1.82, 2.24) is 9.88 Å². The topological polar surface area (TPSA) is 36.4 Å². The molecule has 0 saturated carbocycles. The second-order valence-electron chi connectivity index (χ2n) is 7.40. The Morgan fingerprint density at radius 3 is 2.39 bits per heavy atom. The van der Waals surface area contributed by atoms with Gasteiger partial charge in [0.05, 0.1) is 11.1 Å². The fourth-order valence-electron chi connectivity index (χ4n) is 3.35. The molecule has 0 aliphatic heterocycles. The van der Waals surface area contributed by atoms with Crippen LogP contribution in [0.25, 0.3) is 10.2 Å². The summed E-state index contributed by atoms with van der Waals surface area (Å²) < 4.78 is 28.2. The van der Waals surface area contributed by atoms with Gasteiger partial charge in [-0.25, -0.2) is 13.8 Å². The van der Waals surface area contributed by atoms with E-state index in [2.05, 4.69) is 23.7 Å². The van der Waals surface area contributed by atoms with E-state index in [1.165, 1.54) is 11.6 Å². The molecule has 2 aromatic carbocycles. The van der Waals surface area contributed by atoms with Crippen molar-refractivity contribution in [2.24, 2.45) is 0 Å². The zero-order valence-corrected chi connectivity index (χ0v) is 19.9. The van der Waals surface area contributed by atoms with Crippen LogP contribution in [0, 0.1) is 25.5 Å². The van der Waals surface area contributed by atoms with Gasteiger partial charge in [-0.2, -0.15) is 0 Å². The third-order valence-electron chi connectivity index (χ3n) is 5.39. The second-order valence-corrected chi connectivity index (χ2v) is 8.41. The van der Waals surface area contributed by atoms with Crippen molar-refractivity contribution >= 4 is 45.0 Å². The number of thiazole rings is 1. The van der Waals surface area contributed by atoms with E-state index in [0.29, 0.717) is 22.9 Å². The maximum atomic E-state index is 14.2. The average Bonchev–Trinajstić information content (AvgIpc) is 3.12. The van der Waals surface area contributed by atoms with E-state index in [0.717, 1.165) is 41.6 Å². The Morgan fingerprint density at radius 1 is 1.03 bits per heavy atom. The van der Waals surface area contributed by atoms with Crippen LogP contribution < -0.4 is 4.90 Å². The third-order valence-corrected chi connectivity index (χ3v) is 6.42. The van der Waals surface area contributed by atoms with Crippen LogP contribution in [0.1, 0.15) is 30.5 Å². The summed E-state index contributed by atoms with van der Waals surface area (Å²) in [6.07, 6.45) is 0.228. The van der Waals surface area contributed by atoms with Gasteiger partial charge in [0, 0.05) is 19.2 Å². The molecule has 0 spiro atoms. The molecule has 3 rings (SSSR count). The molecular formula is C23H28ClF2N3OS. The number of rotatable bonds is 8. The molecule has 1 heterocycles. The molecule has 0 radical (unpaired) electrons. The summed E-state index contributed by atoms with van der Waals surface area (Å²) in [6.45, 7) is 11.1. The zero-order valence-electron chi connectivity index (χ0n) is 18.2. The van der Waals surface area contributed by atoms with E-state index in [1.807, 2.05) is 32.0 Å². The van der Waals surface area contributed by atoms with E-state index in [4.69, 9.17) is 0 Å². The Bertz CT molecular complexity index is 1050. The molecule has 3 aromatic rings. The standard InChI is InChI=1S/C23H27F2N3OS.ClH/c1-5-27(6-2)9-10-28(21(29)12-17-8-7-15(3)16(4)11-17)23-26-22-19(25)13-18(24)14-20(22)30-23;/h7-8,11,13-14H,5-6,9-10,12H2,1-4H3;1H. The highest BCUT2D eigenvalue weighted by Gasteiger charge is 2.22. The molecule has 0 aliphatic carbocycles. The van der Waals surface area contributed by atoms with Crippen LogP contribution in [-0.4, -0.2) is 42.0 Å².